The molecule has 0 bridgehead atoms. The number of hydrogen-bond acceptors (Lipinski definition) is 6. The second-order valence-electron chi connectivity index (χ2n) is 4.99. The summed E-state index contributed by atoms with van der Waals surface area (Å²) in [4.78, 5) is 21.8. The molecule has 130 valence electrons. The lowest BCUT2D eigenvalue weighted by Gasteiger charge is -2.08. The fourth-order valence-electron chi connectivity index (χ4n) is 1.88. The van der Waals surface area contributed by atoms with Crippen LogP contribution in [0, 0.1) is 17.0 Å². The molecule has 1 amide bonds. The molecule has 0 aliphatic heterocycles. The maximum absolute atomic E-state index is 11.7. The number of rotatable bonds is 6. The molecule has 0 aliphatic rings. The van der Waals surface area contributed by atoms with Gasteiger partial charge in [0.1, 0.15) is 11.5 Å². The Bertz CT molecular complexity index is 839. The number of carbonyl (C=O) groups excluding carboxylic acids is 1. The number of hydrogen-bond donors (Lipinski definition) is 2. The normalized spacial score (nSPS) is 10.6. The van der Waals surface area contributed by atoms with E-state index in [2.05, 4.69) is 10.5 Å². The number of amides is 1. The van der Waals surface area contributed by atoms with Crippen molar-refractivity contribution in [2.75, 3.05) is 6.61 Å². The number of benzene rings is 2. The molecule has 0 unspecified atom stereocenters. The maximum atomic E-state index is 11.7. The molecule has 2 aromatic rings. The zero-order valence-corrected chi connectivity index (χ0v) is 13.9. The van der Waals surface area contributed by atoms with E-state index in [9.17, 15) is 20.0 Å². The Labute approximate surface area is 147 Å². The van der Waals surface area contributed by atoms with Gasteiger partial charge in [0, 0.05) is 22.7 Å². The molecular weight excluding hydrogens is 350 g/mol. The number of aryl methyl sites for hydroxylation is 1. The van der Waals surface area contributed by atoms with Crippen LogP contribution in [0.15, 0.2) is 41.5 Å². The van der Waals surface area contributed by atoms with Crippen molar-refractivity contribution in [2.24, 2.45) is 5.10 Å². The predicted octanol–water partition coefficient (Wildman–Crippen LogP) is 2.79. The fraction of sp³-hybridized carbons (Fsp3) is 0.125. The van der Waals surface area contributed by atoms with E-state index in [0.717, 1.165) is 23.9 Å². The van der Waals surface area contributed by atoms with Crippen molar-refractivity contribution in [1.82, 2.24) is 5.43 Å². The number of aromatic hydroxyl groups is 1. The van der Waals surface area contributed by atoms with Gasteiger partial charge in [0.2, 0.25) is 0 Å². The van der Waals surface area contributed by atoms with Gasteiger partial charge < -0.3 is 9.84 Å². The number of nitro groups is 1. The van der Waals surface area contributed by atoms with E-state index in [-0.39, 0.29) is 23.6 Å². The molecule has 0 heterocycles. The Morgan fingerprint density at radius 3 is 2.84 bits per heavy atom. The van der Waals surface area contributed by atoms with Crippen molar-refractivity contribution < 1.29 is 19.6 Å². The number of nitro benzene ring substituents is 1. The highest BCUT2D eigenvalue weighted by molar-refractivity contribution is 6.30. The largest absolute Gasteiger partial charge is 0.507 e. The predicted molar refractivity (Wildman–Crippen MR) is 92.2 cm³/mol. The summed E-state index contributed by atoms with van der Waals surface area (Å²) in [7, 11) is 0. The van der Waals surface area contributed by atoms with Gasteiger partial charge >= 0.3 is 0 Å². The van der Waals surface area contributed by atoms with Crippen molar-refractivity contribution in [3.63, 3.8) is 0 Å². The van der Waals surface area contributed by atoms with Gasteiger partial charge in [-0.3, -0.25) is 14.9 Å². The molecule has 2 aromatic carbocycles. The third kappa shape index (κ3) is 5.18. The molecule has 9 heteroatoms. The van der Waals surface area contributed by atoms with Gasteiger partial charge in [-0.05, 0) is 36.8 Å². The topological polar surface area (TPSA) is 114 Å². The molecule has 0 aromatic heterocycles. The van der Waals surface area contributed by atoms with Gasteiger partial charge in [-0.25, -0.2) is 5.43 Å². The lowest BCUT2D eigenvalue weighted by molar-refractivity contribution is -0.384. The van der Waals surface area contributed by atoms with Gasteiger partial charge in [-0.1, -0.05) is 11.6 Å². The molecule has 8 nitrogen and oxygen atoms in total. The first-order chi connectivity index (χ1) is 11.9. The third-order valence-corrected chi connectivity index (χ3v) is 3.35. The standard InChI is InChI=1S/C16H14ClN3O5/c1-10-6-12(17)2-5-15(10)25-9-16(22)19-18-8-11-7-13(20(23)24)3-4-14(11)21/h2-8,21H,9H2,1H3,(H,19,22)/b18-8+. The first kappa shape index (κ1) is 18.2. The van der Waals surface area contributed by atoms with E-state index >= 15 is 0 Å². The number of nitrogens with one attached hydrogen (secondary N) is 1. The molecule has 0 spiro atoms. The molecular formula is C16H14ClN3O5. The molecule has 0 atom stereocenters. The van der Waals surface area contributed by atoms with E-state index in [0.29, 0.717) is 10.8 Å². The summed E-state index contributed by atoms with van der Waals surface area (Å²) in [6, 6.07) is 8.47. The minimum atomic E-state index is -0.600. The van der Waals surface area contributed by atoms with E-state index < -0.39 is 10.8 Å². The Morgan fingerprint density at radius 2 is 2.16 bits per heavy atom. The number of non-ortho nitro benzene ring substituents is 1. The highest BCUT2D eigenvalue weighted by Gasteiger charge is 2.09. The average molecular weight is 364 g/mol. The molecule has 0 aliphatic carbocycles. The number of phenols is 1. The molecule has 25 heavy (non-hydrogen) atoms. The van der Waals surface area contributed by atoms with Crippen LogP contribution in [0.1, 0.15) is 11.1 Å². The van der Waals surface area contributed by atoms with Crippen molar-refractivity contribution in [3.8, 4) is 11.5 Å². The van der Waals surface area contributed by atoms with Crippen LogP contribution < -0.4 is 10.2 Å². The Hall–Kier alpha value is -3.13. The Kier molecular flexibility index (Phi) is 5.91. The van der Waals surface area contributed by atoms with Crippen LogP contribution in [-0.4, -0.2) is 28.8 Å². The smallest absolute Gasteiger partial charge is 0.277 e. The van der Waals surface area contributed by atoms with Gasteiger partial charge in [0.15, 0.2) is 6.61 Å². The van der Waals surface area contributed by atoms with Crippen LogP contribution in [0.4, 0.5) is 5.69 Å². The maximum Gasteiger partial charge on any atom is 0.277 e. The van der Waals surface area contributed by atoms with Gasteiger partial charge in [0.25, 0.3) is 11.6 Å². The third-order valence-electron chi connectivity index (χ3n) is 3.11. The molecule has 2 rings (SSSR count). The van der Waals surface area contributed by atoms with Crippen molar-refractivity contribution in [3.05, 3.63) is 62.7 Å². The summed E-state index contributed by atoms with van der Waals surface area (Å²) in [5, 5.41) is 24.5. The minimum Gasteiger partial charge on any atom is -0.507 e. The van der Waals surface area contributed by atoms with Crippen LogP contribution in [0.3, 0.4) is 0 Å². The fourth-order valence-corrected chi connectivity index (χ4v) is 2.11. The molecule has 0 radical (unpaired) electrons. The van der Waals surface area contributed by atoms with Gasteiger partial charge in [-0.15, -0.1) is 0 Å². The minimum absolute atomic E-state index is 0.101. The summed E-state index contributed by atoms with van der Waals surface area (Å²) < 4.78 is 5.35. The number of carbonyl (C=O) groups is 1. The van der Waals surface area contributed by atoms with E-state index in [1.54, 1.807) is 25.1 Å². The summed E-state index contributed by atoms with van der Waals surface area (Å²) >= 11 is 5.83. The summed E-state index contributed by atoms with van der Waals surface area (Å²) in [6.07, 6.45) is 1.10. The molecule has 0 saturated heterocycles. The van der Waals surface area contributed by atoms with E-state index in [1.165, 1.54) is 6.07 Å². The van der Waals surface area contributed by atoms with Crippen LogP contribution in [-0.2, 0) is 4.79 Å². The second-order valence-corrected chi connectivity index (χ2v) is 5.43. The summed E-state index contributed by atoms with van der Waals surface area (Å²) in [6.45, 7) is 1.52. The van der Waals surface area contributed by atoms with Gasteiger partial charge in [-0.2, -0.15) is 5.10 Å². The first-order valence-electron chi connectivity index (χ1n) is 7.05. The van der Waals surface area contributed by atoms with Crippen LogP contribution >= 0.6 is 11.6 Å². The van der Waals surface area contributed by atoms with Crippen LogP contribution in [0.25, 0.3) is 0 Å². The van der Waals surface area contributed by atoms with E-state index in [4.69, 9.17) is 16.3 Å². The highest BCUT2D eigenvalue weighted by atomic mass is 35.5. The quantitative estimate of drug-likeness (QED) is 0.465. The van der Waals surface area contributed by atoms with Gasteiger partial charge in [0.05, 0.1) is 11.1 Å². The molecule has 0 fully saturated rings. The number of halogens is 1. The Morgan fingerprint density at radius 1 is 1.40 bits per heavy atom. The average Bonchev–Trinajstić information content (AvgIpc) is 2.55. The number of phenolic OH excluding ortho intramolecular Hbond substituents is 1. The van der Waals surface area contributed by atoms with Crippen molar-refractivity contribution >= 4 is 29.4 Å². The monoisotopic (exact) mass is 363 g/mol. The number of hydrazone groups is 1. The number of nitrogens with zero attached hydrogens (tertiary/aromatic N) is 2. The van der Waals surface area contributed by atoms with Crippen molar-refractivity contribution in [1.29, 1.82) is 0 Å². The SMILES string of the molecule is Cc1cc(Cl)ccc1OCC(=O)N/N=C/c1cc([N+](=O)[O-])ccc1O. The van der Waals surface area contributed by atoms with Crippen molar-refractivity contribution in [2.45, 2.75) is 6.92 Å². The second kappa shape index (κ2) is 8.11. The zero-order valence-electron chi connectivity index (χ0n) is 13.1. The highest BCUT2D eigenvalue weighted by Crippen LogP contribution is 2.22. The lowest BCUT2D eigenvalue weighted by atomic mass is 10.2. The van der Waals surface area contributed by atoms with Crippen LogP contribution in [0.5, 0.6) is 11.5 Å². The summed E-state index contributed by atoms with van der Waals surface area (Å²) in [5.74, 6) is -0.216. The number of ether oxygens (including phenoxy) is 1. The summed E-state index contributed by atoms with van der Waals surface area (Å²) in [5.41, 5.74) is 2.89. The van der Waals surface area contributed by atoms with E-state index in [1.807, 2.05) is 0 Å². The van der Waals surface area contributed by atoms with Crippen LogP contribution in [0.2, 0.25) is 5.02 Å². The first-order valence-corrected chi connectivity index (χ1v) is 7.43. The Balaban J connectivity index is 1.92. The zero-order chi connectivity index (χ0) is 18.4. The molecule has 0 saturated carbocycles. The lowest BCUT2D eigenvalue weighted by Crippen LogP contribution is -2.24. The molecule has 2 N–H and O–H groups in total.